The number of amides is 1. The zero-order chi connectivity index (χ0) is 12.4. The van der Waals surface area contributed by atoms with Crippen LogP contribution in [0, 0.1) is 5.92 Å². The van der Waals surface area contributed by atoms with Gasteiger partial charge in [-0.15, -0.1) is 0 Å². The molecule has 0 heterocycles. The molecule has 0 bridgehead atoms. The molecule has 1 fully saturated rings. The maximum absolute atomic E-state index is 11.2. The molecular weight excluding hydrogens is 218 g/mol. The lowest BCUT2D eigenvalue weighted by Gasteiger charge is -2.27. The highest BCUT2D eigenvalue weighted by Crippen LogP contribution is 2.40. The average Bonchev–Trinajstić information content (AvgIpc) is 2.29. The van der Waals surface area contributed by atoms with E-state index in [1.807, 2.05) is 0 Å². The van der Waals surface area contributed by atoms with Crippen molar-refractivity contribution in [2.45, 2.75) is 31.6 Å². The summed E-state index contributed by atoms with van der Waals surface area (Å²) in [5, 5.41) is 19.0. The van der Waals surface area contributed by atoms with Gasteiger partial charge in [0.1, 0.15) is 11.5 Å². The smallest absolute Gasteiger partial charge is 0.220 e. The van der Waals surface area contributed by atoms with E-state index in [1.165, 1.54) is 6.07 Å². The minimum Gasteiger partial charge on any atom is -0.508 e. The molecule has 0 aliphatic heterocycles. The molecule has 2 unspecified atom stereocenters. The Morgan fingerprint density at radius 1 is 1.29 bits per heavy atom. The van der Waals surface area contributed by atoms with Crippen LogP contribution >= 0.6 is 0 Å². The number of aromatic hydroxyl groups is 2. The number of hydrogen-bond donors (Lipinski definition) is 3. The van der Waals surface area contributed by atoms with E-state index in [2.05, 4.69) is 0 Å². The second-order valence-electron chi connectivity index (χ2n) is 4.71. The third-order valence-corrected chi connectivity index (χ3v) is 3.53. The van der Waals surface area contributed by atoms with E-state index in [4.69, 9.17) is 5.73 Å². The highest BCUT2D eigenvalue weighted by molar-refractivity contribution is 5.76. The van der Waals surface area contributed by atoms with Crippen molar-refractivity contribution in [3.8, 4) is 11.5 Å². The quantitative estimate of drug-likeness (QED) is 0.731. The predicted octanol–water partition coefficient (Wildman–Crippen LogP) is 1.86. The van der Waals surface area contributed by atoms with Gasteiger partial charge in [-0.3, -0.25) is 4.79 Å². The molecule has 0 aromatic heterocycles. The van der Waals surface area contributed by atoms with Crippen molar-refractivity contribution >= 4 is 5.91 Å². The third kappa shape index (κ3) is 2.52. The van der Waals surface area contributed by atoms with Crippen molar-refractivity contribution in [3.63, 3.8) is 0 Å². The van der Waals surface area contributed by atoms with Crippen molar-refractivity contribution in [1.82, 2.24) is 0 Å². The number of carbonyl (C=O) groups excluding carboxylic acids is 1. The van der Waals surface area contributed by atoms with Crippen LogP contribution in [0.1, 0.15) is 37.2 Å². The standard InChI is InChI=1S/C13H17NO3/c14-13(17)9-3-1-2-8(6-9)11-5-4-10(15)7-12(11)16/h4-5,7-9,15-16H,1-3,6H2,(H2,14,17). The van der Waals surface area contributed by atoms with Crippen LogP contribution < -0.4 is 5.73 Å². The third-order valence-electron chi connectivity index (χ3n) is 3.53. The summed E-state index contributed by atoms with van der Waals surface area (Å²) in [5.41, 5.74) is 6.13. The average molecular weight is 235 g/mol. The predicted molar refractivity (Wildman–Crippen MR) is 63.7 cm³/mol. The summed E-state index contributed by atoms with van der Waals surface area (Å²) in [5.74, 6) is -0.0506. The highest BCUT2D eigenvalue weighted by atomic mass is 16.3. The first-order valence-corrected chi connectivity index (χ1v) is 5.89. The van der Waals surface area contributed by atoms with Gasteiger partial charge in [-0.2, -0.15) is 0 Å². The van der Waals surface area contributed by atoms with Crippen molar-refractivity contribution in [1.29, 1.82) is 0 Å². The molecule has 1 aliphatic carbocycles. The molecular formula is C13H17NO3. The van der Waals surface area contributed by atoms with Crippen molar-refractivity contribution in [3.05, 3.63) is 23.8 Å². The monoisotopic (exact) mass is 235 g/mol. The summed E-state index contributed by atoms with van der Waals surface area (Å²) in [6.45, 7) is 0. The Morgan fingerprint density at radius 2 is 2.06 bits per heavy atom. The van der Waals surface area contributed by atoms with E-state index >= 15 is 0 Å². The van der Waals surface area contributed by atoms with Crippen LogP contribution in [0.3, 0.4) is 0 Å². The van der Waals surface area contributed by atoms with Gasteiger partial charge in [-0.05, 0) is 36.8 Å². The van der Waals surface area contributed by atoms with Gasteiger partial charge in [0.15, 0.2) is 0 Å². The molecule has 4 nitrogen and oxygen atoms in total. The molecule has 2 atom stereocenters. The second kappa shape index (κ2) is 4.65. The molecule has 1 aromatic carbocycles. The van der Waals surface area contributed by atoms with E-state index in [-0.39, 0.29) is 29.2 Å². The molecule has 92 valence electrons. The number of nitrogens with two attached hydrogens (primary N) is 1. The fraction of sp³-hybridized carbons (Fsp3) is 0.462. The van der Waals surface area contributed by atoms with Crippen molar-refractivity contribution in [2.24, 2.45) is 11.7 Å². The maximum Gasteiger partial charge on any atom is 0.220 e. The van der Waals surface area contributed by atoms with Crippen LogP contribution in [-0.4, -0.2) is 16.1 Å². The van der Waals surface area contributed by atoms with Crippen molar-refractivity contribution in [2.75, 3.05) is 0 Å². The van der Waals surface area contributed by atoms with E-state index in [9.17, 15) is 15.0 Å². The number of carbonyl (C=O) groups is 1. The summed E-state index contributed by atoms with van der Waals surface area (Å²) in [6.07, 6.45) is 3.42. The van der Waals surface area contributed by atoms with Gasteiger partial charge in [0, 0.05) is 12.0 Å². The van der Waals surface area contributed by atoms with Crippen LogP contribution in [0.5, 0.6) is 11.5 Å². The number of primary amides is 1. The van der Waals surface area contributed by atoms with Gasteiger partial charge in [0.25, 0.3) is 0 Å². The first-order valence-electron chi connectivity index (χ1n) is 5.89. The largest absolute Gasteiger partial charge is 0.508 e. The van der Waals surface area contributed by atoms with E-state index < -0.39 is 0 Å². The Balaban J connectivity index is 2.19. The zero-order valence-electron chi connectivity index (χ0n) is 9.60. The fourth-order valence-corrected chi connectivity index (χ4v) is 2.61. The fourth-order valence-electron chi connectivity index (χ4n) is 2.61. The lowest BCUT2D eigenvalue weighted by atomic mass is 9.77. The van der Waals surface area contributed by atoms with Gasteiger partial charge in [0.05, 0.1) is 0 Å². The van der Waals surface area contributed by atoms with Crippen LogP contribution in [0.25, 0.3) is 0 Å². The Bertz CT molecular complexity index is 431. The Hall–Kier alpha value is -1.71. The molecule has 1 amide bonds. The van der Waals surface area contributed by atoms with Gasteiger partial charge >= 0.3 is 0 Å². The molecule has 2 rings (SSSR count). The molecule has 4 heteroatoms. The van der Waals surface area contributed by atoms with Gasteiger partial charge in [-0.25, -0.2) is 0 Å². The van der Waals surface area contributed by atoms with E-state index in [1.54, 1.807) is 12.1 Å². The summed E-state index contributed by atoms with van der Waals surface area (Å²) < 4.78 is 0. The van der Waals surface area contributed by atoms with Gasteiger partial charge in [0.2, 0.25) is 5.91 Å². The second-order valence-corrected chi connectivity index (χ2v) is 4.71. The summed E-state index contributed by atoms with van der Waals surface area (Å²) >= 11 is 0. The molecule has 0 radical (unpaired) electrons. The summed E-state index contributed by atoms with van der Waals surface area (Å²) in [6, 6.07) is 4.62. The number of hydrogen-bond acceptors (Lipinski definition) is 3. The van der Waals surface area contributed by atoms with Gasteiger partial charge in [-0.1, -0.05) is 12.5 Å². The lowest BCUT2D eigenvalue weighted by molar-refractivity contribution is -0.122. The number of phenols is 2. The summed E-state index contributed by atoms with van der Waals surface area (Å²) in [7, 11) is 0. The van der Waals surface area contributed by atoms with Gasteiger partial charge < -0.3 is 15.9 Å². The molecule has 0 spiro atoms. The lowest BCUT2D eigenvalue weighted by Crippen LogP contribution is -2.27. The molecule has 1 aliphatic rings. The Labute approximate surface area is 100 Å². The summed E-state index contributed by atoms with van der Waals surface area (Å²) in [4.78, 5) is 11.2. The normalized spacial score (nSPS) is 24.5. The minimum absolute atomic E-state index is 0.0495. The molecule has 4 N–H and O–H groups in total. The Kier molecular flexibility index (Phi) is 3.22. The van der Waals surface area contributed by atoms with Crippen LogP contribution in [-0.2, 0) is 4.79 Å². The number of rotatable bonds is 2. The van der Waals surface area contributed by atoms with E-state index in [0.29, 0.717) is 6.42 Å². The zero-order valence-corrected chi connectivity index (χ0v) is 9.60. The van der Waals surface area contributed by atoms with E-state index in [0.717, 1.165) is 24.8 Å². The Morgan fingerprint density at radius 3 is 2.71 bits per heavy atom. The topological polar surface area (TPSA) is 83.6 Å². The minimum atomic E-state index is -0.257. The van der Waals surface area contributed by atoms with Crippen molar-refractivity contribution < 1.29 is 15.0 Å². The molecule has 17 heavy (non-hydrogen) atoms. The molecule has 1 saturated carbocycles. The SMILES string of the molecule is NC(=O)C1CCCC(c2ccc(O)cc2O)C1. The number of phenolic OH excluding ortho intramolecular Hbond substituents is 2. The molecule has 1 aromatic rings. The highest BCUT2D eigenvalue weighted by Gasteiger charge is 2.28. The van der Waals surface area contributed by atoms with Crippen LogP contribution in [0.4, 0.5) is 0 Å². The maximum atomic E-state index is 11.2. The number of benzene rings is 1. The van der Waals surface area contributed by atoms with Crippen LogP contribution in [0.2, 0.25) is 0 Å². The first kappa shape index (κ1) is 11.8. The molecule has 0 saturated heterocycles. The van der Waals surface area contributed by atoms with Crippen LogP contribution in [0.15, 0.2) is 18.2 Å². The first-order chi connectivity index (χ1) is 8.08.